The summed E-state index contributed by atoms with van der Waals surface area (Å²) in [5.74, 6) is -0.543. The van der Waals surface area contributed by atoms with Crippen molar-refractivity contribution in [2.75, 3.05) is 16.8 Å². The lowest BCUT2D eigenvalue weighted by atomic mass is 10.1. The van der Waals surface area contributed by atoms with Crippen molar-refractivity contribution in [1.29, 1.82) is 0 Å². The molecule has 1 saturated carbocycles. The van der Waals surface area contributed by atoms with Crippen molar-refractivity contribution in [1.82, 2.24) is 9.97 Å². The quantitative estimate of drug-likeness (QED) is 0.377. The van der Waals surface area contributed by atoms with E-state index >= 15 is 0 Å². The van der Waals surface area contributed by atoms with Crippen LogP contribution in [0.25, 0.3) is 17.3 Å². The Hall–Kier alpha value is -3.58. The van der Waals surface area contributed by atoms with Crippen molar-refractivity contribution in [2.24, 2.45) is 5.92 Å². The summed E-state index contributed by atoms with van der Waals surface area (Å²) >= 11 is 6.50. The molecule has 2 amide bonds. The van der Waals surface area contributed by atoms with Crippen LogP contribution in [-0.2, 0) is 9.59 Å². The number of benzene rings is 1. The number of hydrogen-bond acceptors (Lipinski definition) is 4. The zero-order chi connectivity index (χ0) is 23.4. The van der Waals surface area contributed by atoms with E-state index in [4.69, 9.17) is 11.6 Å². The Morgan fingerprint density at radius 2 is 2.03 bits per heavy atom. The SMILES string of the molecule is CC(=O)N(CC1CC1)c1ccc(-c2ccc(NC(=O)C=Cc3cccnc3F)cn2)cc1Cl. The Kier molecular flexibility index (Phi) is 6.79. The lowest BCUT2D eigenvalue weighted by Crippen LogP contribution is -2.30. The van der Waals surface area contributed by atoms with Gasteiger partial charge in [-0.25, -0.2) is 4.98 Å². The summed E-state index contributed by atoms with van der Waals surface area (Å²) < 4.78 is 13.5. The molecule has 33 heavy (non-hydrogen) atoms. The van der Waals surface area contributed by atoms with Crippen LogP contribution in [-0.4, -0.2) is 28.3 Å². The second kappa shape index (κ2) is 9.92. The molecule has 8 heteroatoms. The molecule has 2 aromatic heterocycles. The van der Waals surface area contributed by atoms with Gasteiger partial charge in [-0.05, 0) is 61.2 Å². The third-order valence-electron chi connectivity index (χ3n) is 5.29. The van der Waals surface area contributed by atoms with Gasteiger partial charge in [0.05, 0.1) is 28.3 Å². The fourth-order valence-electron chi connectivity index (χ4n) is 3.35. The summed E-state index contributed by atoms with van der Waals surface area (Å²) in [7, 11) is 0. The van der Waals surface area contributed by atoms with Gasteiger partial charge < -0.3 is 10.2 Å². The van der Waals surface area contributed by atoms with Crippen LogP contribution in [0.3, 0.4) is 0 Å². The Morgan fingerprint density at radius 1 is 1.21 bits per heavy atom. The molecule has 0 unspecified atom stereocenters. The molecule has 0 bridgehead atoms. The average Bonchev–Trinajstić information content (AvgIpc) is 3.62. The summed E-state index contributed by atoms with van der Waals surface area (Å²) in [6.45, 7) is 2.23. The molecule has 1 aliphatic carbocycles. The van der Waals surface area contributed by atoms with Gasteiger partial charge in [-0.2, -0.15) is 4.39 Å². The van der Waals surface area contributed by atoms with Crippen molar-refractivity contribution < 1.29 is 14.0 Å². The molecule has 6 nitrogen and oxygen atoms in total. The highest BCUT2D eigenvalue weighted by Crippen LogP contribution is 2.35. The number of aromatic nitrogens is 2. The number of amides is 2. The van der Waals surface area contributed by atoms with Crippen LogP contribution in [0.4, 0.5) is 15.8 Å². The lowest BCUT2D eigenvalue weighted by Gasteiger charge is -2.22. The molecule has 0 radical (unpaired) electrons. The van der Waals surface area contributed by atoms with Crippen molar-refractivity contribution in [3.63, 3.8) is 0 Å². The minimum Gasteiger partial charge on any atom is -0.321 e. The van der Waals surface area contributed by atoms with Crippen molar-refractivity contribution in [3.8, 4) is 11.3 Å². The fourth-order valence-corrected chi connectivity index (χ4v) is 3.63. The third kappa shape index (κ3) is 5.81. The van der Waals surface area contributed by atoms with Crippen LogP contribution in [0, 0.1) is 11.9 Å². The molecule has 0 aliphatic heterocycles. The van der Waals surface area contributed by atoms with Crippen LogP contribution in [0.15, 0.2) is 60.9 Å². The smallest absolute Gasteiger partial charge is 0.248 e. The van der Waals surface area contributed by atoms with E-state index in [1.165, 1.54) is 30.6 Å². The summed E-state index contributed by atoms with van der Waals surface area (Å²) in [4.78, 5) is 33.8. The standard InChI is InChI=1S/C25H22ClFN4O2/c1-16(32)31(15-17-4-5-17)23-10-6-19(13-21(23)26)22-9-8-20(14-29-22)30-24(33)11-7-18-3-2-12-28-25(18)27/h2-3,6-14,17H,4-5,15H2,1H3,(H,30,33). The maximum atomic E-state index is 13.5. The van der Waals surface area contributed by atoms with E-state index in [2.05, 4.69) is 15.3 Å². The Balaban J connectivity index is 1.43. The third-order valence-corrected chi connectivity index (χ3v) is 5.59. The topological polar surface area (TPSA) is 75.2 Å². The van der Waals surface area contributed by atoms with Gasteiger partial charge in [0.25, 0.3) is 0 Å². The Labute approximate surface area is 196 Å². The van der Waals surface area contributed by atoms with E-state index < -0.39 is 11.9 Å². The van der Waals surface area contributed by atoms with E-state index in [1.807, 2.05) is 12.1 Å². The normalized spacial score (nSPS) is 13.2. The monoisotopic (exact) mass is 464 g/mol. The number of anilines is 2. The predicted molar refractivity (Wildman–Crippen MR) is 127 cm³/mol. The van der Waals surface area contributed by atoms with Crippen molar-refractivity contribution >= 4 is 40.9 Å². The zero-order valence-corrected chi connectivity index (χ0v) is 18.7. The molecule has 1 aromatic carbocycles. The van der Waals surface area contributed by atoms with Gasteiger partial charge in [-0.3, -0.25) is 14.6 Å². The highest BCUT2D eigenvalue weighted by atomic mass is 35.5. The van der Waals surface area contributed by atoms with Gasteiger partial charge >= 0.3 is 0 Å². The van der Waals surface area contributed by atoms with E-state index in [9.17, 15) is 14.0 Å². The van der Waals surface area contributed by atoms with Gasteiger partial charge in [0.2, 0.25) is 17.8 Å². The molecular weight excluding hydrogens is 443 g/mol. The average molecular weight is 465 g/mol. The molecule has 0 saturated heterocycles. The molecule has 2 heterocycles. The lowest BCUT2D eigenvalue weighted by molar-refractivity contribution is -0.116. The largest absolute Gasteiger partial charge is 0.321 e. The molecule has 4 rings (SSSR count). The molecule has 1 aliphatic rings. The van der Waals surface area contributed by atoms with Crippen molar-refractivity contribution in [2.45, 2.75) is 19.8 Å². The molecule has 1 fully saturated rings. The van der Waals surface area contributed by atoms with E-state index in [0.717, 1.165) is 18.4 Å². The zero-order valence-electron chi connectivity index (χ0n) is 18.0. The molecule has 1 N–H and O–H groups in total. The van der Waals surface area contributed by atoms with Gasteiger partial charge in [0.1, 0.15) is 0 Å². The number of carbonyl (C=O) groups excluding carboxylic acids is 2. The highest BCUT2D eigenvalue weighted by Gasteiger charge is 2.27. The minimum atomic E-state index is -0.642. The number of halogens is 2. The van der Waals surface area contributed by atoms with Crippen LogP contribution in [0.2, 0.25) is 5.02 Å². The maximum Gasteiger partial charge on any atom is 0.248 e. The maximum absolute atomic E-state index is 13.5. The molecule has 168 valence electrons. The summed E-state index contributed by atoms with van der Waals surface area (Å²) in [5.41, 5.74) is 2.88. The van der Waals surface area contributed by atoms with E-state index in [0.29, 0.717) is 34.6 Å². The number of nitrogens with zero attached hydrogens (tertiary/aromatic N) is 3. The summed E-state index contributed by atoms with van der Waals surface area (Å²) in [6.07, 6.45) is 7.74. The Morgan fingerprint density at radius 3 is 2.67 bits per heavy atom. The van der Waals surface area contributed by atoms with E-state index in [-0.39, 0.29) is 11.5 Å². The second-order valence-electron chi connectivity index (χ2n) is 7.88. The highest BCUT2D eigenvalue weighted by molar-refractivity contribution is 6.34. The van der Waals surface area contributed by atoms with E-state index in [1.54, 1.807) is 36.1 Å². The van der Waals surface area contributed by atoms with Crippen LogP contribution < -0.4 is 10.2 Å². The number of nitrogens with one attached hydrogen (secondary N) is 1. The fraction of sp³-hybridized carbons (Fsp3) is 0.200. The van der Waals surface area contributed by atoms with Crippen LogP contribution in [0.5, 0.6) is 0 Å². The number of carbonyl (C=O) groups is 2. The number of hydrogen-bond donors (Lipinski definition) is 1. The molecule has 0 atom stereocenters. The number of pyridine rings is 2. The van der Waals surface area contributed by atoms with Gasteiger partial charge in [0, 0.05) is 36.9 Å². The minimum absolute atomic E-state index is 0.0323. The first-order valence-electron chi connectivity index (χ1n) is 10.5. The predicted octanol–water partition coefficient (Wildman–Crippen LogP) is 5.35. The summed E-state index contributed by atoms with van der Waals surface area (Å²) in [5, 5.41) is 3.16. The first kappa shape index (κ1) is 22.6. The second-order valence-corrected chi connectivity index (χ2v) is 8.28. The Bertz CT molecular complexity index is 1210. The molecular formula is C25H22ClFN4O2. The van der Waals surface area contributed by atoms with Crippen molar-refractivity contribution in [3.05, 3.63) is 77.5 Å². The first-order chi connectivity index (χ1) is 15.9. The van der Waals surface area contributed by atoms with Gasteiger partial charge in [0.15, 0.2) is 0 Å². The van der Waals surface area contributed by atoms with Gasteiger partial charge in [-0.1, -0.05) is 17.7 Å². The molecule has 3 aromatic rings. The summed E-state index contributed by atoms with van der Waals surface area (Å²) in [6, 6.07) is 12.1. The first-order valence-corrected chi connectivity index (χ1v) is 10.9. The molecule has 0 spiro atoms. The van der Waals surface area contributed by atoms with Gasteiger partial charge in [-0.15, -0.1) is 0 Å². The van der Waals surface area contributed by atoms with Crippen LogP contribution >= 0.6 is 11.6 Å². The number of rotatable bonds is 7. The van der Waals surface area contributed by atoms with Crippen LogP contribution in [0.1, 0.15) is 25.3 Å².